The maximum Gasteiger partial charge on any atom is 0.317 e. The van der Waals surface area contributed by atoms with Crippen LogP contribution in [0.3, 0.4) is 0 Å². The summed E-state index contributed by atoms with van der Waals surface area (Å²) < 4.78 is 21.7. The fourth-order valence-electron chi connectivity index (χ4n) is 6.13. The molecule has 1 aliphatic carbocycles. The normalized spacial score (nSPS) is 21.6. The third-order valence-electron chi connectivity index (χ3n) is 8.08. The molecule has 0 aromatic heterocycles. The Balaban J connectivity index is 1.36. The van der Waals surface area contributed by atoms with Crippen LogP contribution < -0.4 is 19.5 Å². The molecule has 0 bridgehead atoms. The molecule has 0 spiro atoms. The zero-order valence-electron chi connectivity index (χ0n) is 23.1. The largest absolute Gasteiger partial charge is 0.496 e. The van der Waals surface area contributed by atoms with Crippen molar-refractivity contribution in [3.05, 3.63) is 65.4 Å². The number of ether oxygens (including phenoxy) is 4. The maximum atomic E-state index is 14.0. The topological polar surface area (TPSA) is 103 Å². The van der Waals surface area contributed by atoms with Crippen LogP contribution in [0.25, 0.3) is 0 Å². The van der Waals surface area contributed by atoms with Crippen molar-refractivity contribution in [1.29, 1.82) is 0 Å². The molecule has 9 heteroatoms. The highest BCUT2D eigenvalue weighted by Crippen LogP contribution is 2.50. The molecule has 2 aromatic rings. The third kappa shape index (κ3) is 5.50. The van der Waals surface area contributed by atoms with Crippen LogP contribution in [-0.2, 0) is 32.1 Å². The van der Waals surface area contributed by atoms with Gasteiger partial charge < -0.3 is 29.2 Å². The Bertz CT molecular complexity index is 1310. The second-order valence-corrected chi connectivity index (χ2v) is 10.5. The Morgan fingerprint density at radius 3 is 2.75 bits per heavy atom. The molecule has 2 heterocycles. The molecule has 212 valence electrons. The van der Waals surface area contributed by atoms with Crippen molar-refractivity contribution in [3.8, 4) is 17.2 Å². The van der Waals surface area contributed by atoms with E-state index in [1.807, 2.05) is 48.5 Å². The molecule has 0 saturated carbocycles. The van der Waals surface area contributed by atoms with Crippen LogP contribution >= 0.6 is 0 Å². The molecule has 5 rings (SSSR count). The highest BCUT2D eigenvalue weighted by molar-refractivity contribution is 5.92. The minimum Gasteiger partial charge on any atom is -0.496 e. The summed E-state index contributed by atoms with van der Waals surface area (Å²) in [6, 6.07) is 13.3. The molecule has 2 atom stereocenters. The summed E-state index contributed by atoms with van der Waals surface area (Å²) in [5, 5.41) is 2.96. The molecule has 40 heavy (non-hydrogen) atoms. The van der Waals surface area contributed by atoms with Gasteiger partial charge in [-0.15, -0.1) is 0 Å². The molecule has 0 radical (unpaired) electrons. The number of rotatable bonds is 9. The minimum absolute atomic E-state index is 0.00553. The number of hydrogen-bond acceptors (Lipinski definition) is 7. The number of benzene rings is 2. The van der Waals surface area contributed by atoms with E-state index in [0.29, 0.717) is 36.6 Å². The van der Waals surface area contributed by atoms with Crippen molar-refractivity contribution in [2.45, 2.75) is 51.5 Å². The number of likely N-dealkylation sites (tertiary alicyclic amines) is 1. The van der Waals surface area contributed by atoms with E-state index in [1.165, 1.54) is 7.11 Å². The van der Waals surface area contributed by atoms with E-state index < -0.39 is 11.3 Å². The maximum absolute atomic E-state index is 14.0. The first-order valence-electron chi connectivity index (χ1n) is 13.8. The molecular formula is C31H36N2O7. The number of allylic oxidation sites excluding steroid dienone is 1. The molecule has 2 aromatic carbocycles. The zero-order valence-corrected chi connectivity index (χ0v) is 23.1. The lowest BCUT2D eigenvalue weighted by Crippen LogP contribution is -2.53. The van der Waals surface area contributed by atoms with Gasteiger partial charge in [0.25, 0.3) is 0 Å². The molecule has 9 nitrogen and oxygen atoms in total. The van der Waals surface area contributed by atoms with Crippen molar-refractivity contribution in [2.75, 3.05) is 27.6 Å². The number of carbonyl (C=O) groups excluding carboxylic acids is 3. The summed E-state index contributed by atoms with van der Waals surface area (Å²) in [6.07, 6.45) is 5.95. The van der Waals surface area contributed by atoms with Crippen LogP contribution in [0.5, 0.6) is 17.2 Å². The second kappa shape index (κ2) is 12.0. The van der Waals surface area contributed by atoms with Crippen LogP contribution in [0.4, 0.5) is 0 Å². The Kier molecular flexibility index (Phi) is 8.28. The first-order chi connectivity index (χ1) is 19.4. The van der Waals surface area contributed by atoms with E-state index in [-0.39, 0.29) is 44.0 Å². The van der Waals surface area contributed by atoms with Gasteiger partial charge in [-0.3, -0.25) is 14.4 Å². The quantitative estimate of drug-likeness (QED) is 0.470. The lowest BCUT2D eigenvalue weighted by atomic mass is 9.69. The van der Waals surface area contributed by atoms with Gasteiger partial charge in [0.2, 0.25) is 18.6 Å². The third-order valence-corrected chi connectivity index (χ3v) is 8.08. The number of piperidine rings is 1. The lowest BCUT2D eigenvalue weighted by molar-refractivity contribution is -0.160. The van der Waals surface area contributed by atoms with Crippen molar-refractivity contribution < 1.29 is 33.3 Å². The molecule has 1 fully saturated rings. The number of nitrogens with one attached hydrogen (secondary N) is 1. The van der Waals surface area contributed by atoms with E-state index in [1.54, 1.807) is 12.0 Å². The zero-order chi connectivity index (χ0) is 28.1. The Hall–Kier alpha value is -4.01. The van der Waals surface area contributed by atoms with Gasteiger partial charge in [0, 0.05) is 24.6 Å². The standard InChI is InChI=1S/C31H36N2O7/c1-37-24-9-6-5-8-22(24)13-15-32-28(34)17-23-18-31(30(36)38-2)14-7-3-4-10-27(31)33(29(23)35)19-21-11-12-25-26(16-21)40-20-39-25/h5-6,8-12,16,23H,3-4,7,13-15,17-20H2,1-2H3,(H,32,34)/t23-,31+/m1/s1. The van der Waals surface area contributed by atoms with Gasteiger partial charge in [-0.05, 0) is 61.4 Å². The Morgan fingerprint density at radius 1 is 1.10 bits per heavy atom. The fourth-order valence-corrected chi connectivity index (χ4v) is 6.13. The van der Waals surface area contributed by atoms with E-state index in [2.05, 4.69) is 5.32 Å². The van der Waals surface area contributed by atoms with E-state index in [0.717, 1.165) is 36.1 Å². The van der Waals surface area contributed by atoms with Crippen LogP contribution in [0.1, 0.15) is 49.7 Å². The summed E-state index contributed by atoms with van der Waals surface area (Å²) in [5.74, 6) is 0.657. The van der Waals surface area contributed by atoms with Gasteiger partial charge >= 0.3 is 5.97 Å². The van der Waals surface area contributed by atoms with Gasteiger partial charge in [0.05, 0.1) is 20.8 Å². The summed E-state index contributed by atoms with van der Waals surface area (Å²) in [7, 11) is 3.01. The summed E-state index contributed by atoms with van der Waals surface area (Å²) in [5.41, 5.74) is 1.56. The van der Waals surface area contributed by atoms with Crippen LogP contribution in [0.2, 0.25) is 0 Å². The first kappa shape index (κ1) is 27.6. The summed E-state index contributed by atoms with van der Waals surface area (Å²) in [4.78, 5) is 42.2. The molecule has 2 aliphatic heterocycles. The van der Waals surface area contributed by atoms with Crippen molar-refractivity contribution in [2.24, 2.45) is 11.3 Å². The SMILES string of the molecule is COC(=O)[C@]12CCCCC=C1N(Cc1ccc3c(c1)OCO3)C(=O)[C@H](CC(=O)NCCc1ccccc1OC)C2. The molecule has 1 N–H and O–H groups in total. The number of carbonyl (C=O) groups is 3. The predicted molar refractivity (Wildman–Crippen MR) is 147 cm³/mol. The van der Waals surface area contributed by atoms with E-state index in [9.17, 15) is 14.4 Å². The molecule has 2 amide bonds. The molecular weight excluding hydrogens is 512 g/mol. The van der Waals surface area contributed by atoms with Crippen LogP contribution in [0.15, 0.2) is 54.2 Å². The highest BCUT2D eigenvalue weighted by Gasteiger charge is 2.53. The Morgan fingerprint density at radius 2 is 1.93 bits per heavy atom. The van der Waals surface area contributed by atoms with Gasteiger partial charge in [-0.2, -0.15) is 0 Å². The van der Waals surface area contributed by atoms with Crippen molar-refractivity contribution in [1.82, 2.24) is 10.2 Å². The monoisotopic (exact) mass is 548 g/mol. The number of fused-ring (bicyclic) bond motifs is 2. The van der Waals surface area contributed by atoms with E-state index >= 15 is 0 Å². The van der Waals surface area contributed by atoms with Gasteiger partial charge in [-0.25, -0.2) is 0 Å². The number of nitrogens with zero attached hydrogens (tertiary/aromatic N) is 1. The number of methoxy groups -OCH3 is 2. The van der Waals surface area contributed by atoms with Crippen molar-refractivity contribution in [3.63, 3.8) is 0 Å². The Labute approximate surface area is 234 Å². The number of amides is 2. The van der Waals surface area contributed by atoms with Crippen molar-refractivity contribution >= 4 is 17.8 Å². The van der Waals surface area contributed by atoms with Gasteiger partial charge in [0.15, 0.2) is 11.5 Å². The van der Waals surface area contributed by atoms with Crippen LogP contribution in [-0.4, -0.2) is 50.2 Å². The number of para-hydroxylation sites is 1. The van der Waals surface area contributed by atoms with Gasteiger partial charge in [0.1, 0.15) is 11.2 Å². The predicted octanol–water partition coefficient (Wildman–Crippen LogP) is 4.14. The smallest absolute Gasteiger partial charge is 0.317 e. The second-order valence-electron chi connectivity index (χ2n) is 10.5. The minimum atomic E-state index is -0.974. The molecule has 3 aliphatic rings. The lowest BCUT2D eigenvalue weighted by Gasteiger charge is -2.46. The number of esters is 1. The summed E-state index contributed by atoms with van der Waals surface area (Å²) in [6.45, 7) is 0.826. The highest BCUT2D eigenvalue weighted by atomic mass is 16.7. The molecule has 1 saturated heterocycles. The fraction of sp³-hybridized carbons (Fsp3) is 0.452. The van der Waals surface area contributed by atoms with Gasteiger partial charge in [-0.1, -0.05) is 36.8 Å². The van der Waals surface area contributed by atoms with Crippen LogP contribution in [0, 0.1) is 11.3 Å². The summed E-state index contributed by atoms with van der Waals surface area (Å²) >= 11 is 0. The van der Waals surface area contributed by atoms with E-state index in [4.69, 9.17) is 18.9 Å². The first-order valence-corrected chi connectivity index (χ1v) is 13.8. The molecule has 0 unspecified atom stereocenters. The number of hydrogen-bond donors (Lipinski definition) is 1. The average Bonchev–Trinajstić information content (AvgIpc) is 3.33. The average molecular weight is 549 g/mol.